The summed E-state index contributed by atoms with van der Waals surface area (Å²) in [5, 5.41) is 16.1. The minimum Gasteiger partial charge on any atom is -0.508 e. The van der Waals surface area contributed by atoms with Gasteiger partial charge >= 0.3 is 0 Å². The molecule has 1 atom stereocenters. The van der Waals surface area contributed by atoms with E-state index < -0.39 is 0 Å². The highest BCUT2D eigenvalue weighted by atomic mass is 16.3. The Balaban J connectivity index is 1.60. The molecule has 3 N–H and O–H groups in total. The molecule has 1 heterocycles. The number of phenolic OH excluding ortho intramolecular Hbond substituents is 1. The molecule has 108 valence electrons. The quantitative estimate of drug-likeness (QED) is 0.808. The van der Waals surface area contributed by atoms with Crippen LogP contribution < -0.4 is 10.6 Å². The predicted molar refractivity (Wildman–Crippen MR) is 82.4 cm³/mol. The number of anilines is 1. The molecule has 4 nitrogen and oxygen atoms in total. The molecule has 0 spiro atoms. The van der Waals surface area contributed by atoms with Crippen molar-refractivity contribution in [1.82, 2.24) is 5.32 Å². The van der Waals surface area contributed by atoms with Crippen LogP contribution in [0.4, 0.5) is 5.69 Å². The Morgan fingerprint density at radius 2 is 1.95 bits per heavy atom. The number of carbonyl (C=O) groups is 1. The second kappa shape index (κ2) is 5.87. The van der Waals surface area contributed by atoms with Gasteiger partial charge in [-0.05, 0) is 24.1 Å². The number of phenols is 1. The van der Waals surface area contributed by atoms with E-state index in [4.69, 9.17) is 0 Å². The Morgan fingerprint density at radius 3 is 2.81 bits per heavy atom. The summed E-state index contributed by atoms with van der Waals surface area (Å²) in [6, 6.07) is 15.1. The van der Waals surface area contributed by atoms with Gasteiger partial charge in [0.2, 0.25) is 5.91 Å². The van der Waals surface area contributed by atoms with Gasteiger partial charge in [-0.2, -0.15) is 0 Å². The van der Waals surface area contributed by atoms with Gasteiger partial charge in [-0.15, -0.1) is 0 Å². The molecule has 1 aliphatic heterocycles. The van der Waals surface area contributed by atoms with Gasteiger partial charge in [0, 0.05) is 17.8 Å². The van der Waals surface area contributed by atoms with Gasteiger partial charge in [-0.1, -0.05) is 36.4 Å². The van der Waals surface area contributed by atoms with Crippen LogP contribution in [-0.2, 0) is 17.6 Å². The molecular formula is C17H18N2O2. The first kappa shape index (κ1) is 13.5. The van der Waals surface area contributed by atoms with Crippen LogP contribution in [0.1, 0.15) is 11.1 Å². The van der Waals surface area contributed by atoms with Gasteiger partial charge in [-0.3, -0.25) is 4.79 Å². The molecular weight excluding hydrogens is 264 g/mol. The third-order valence-corrected chi connectivity index (χ3v) is 3.73. The van der Waals surface area contributed by atoms with E-state index in [0.29, 0.717) is 5.56 Å². The molecule has 1 amide bonds. The number of rotatable bonds is 3. The highest BCUT2D eigenvalue weighted by Gasteiger charge is 2.19. The SMILES string of the molecule is O=C(Cc1ccccc1O)NC1CNc2ccccc2C1. The largest absolute Gasteiger partial charge is 0.508 e. The number of fused-ring (bicyclic) bond motifs is 1. The van der Waals surface area contributed by atoms with E-state index in [2.05, 4.69) is 22.8 Å². The van der Waals surface area contributed by atoms with E-state index in [0.717, 1.165) is 18.7 Å². The molecule has 1 unspecified atom stereocenters. The second-order valence-electron chi connectivity index (χ2n) is 5.31. The molecule has 21 heavy (non-hydrogen) atoms. The number of nitrogens with one attached hydrogen (secondary N) is 2. The second-order valence-corrected chi connectivity index (χ2v) is 5.31. The van der Waals surface area contributed by atoms with Crippen molar-refractivity contribution in [2.24, 2.45) is 0 Å². The van der Waals surface area contributed by atoms with Crippen LogP contribution in [-0.4, -0.2) is 23.6 Å². The lowest BCUT2D eigenvalue weighted by Gasteiger charge is -2.27. The number of para-hydroxylation sites is 2. The summed E-state index contributed by atoms with van der Waals surface area (Å²) in [7, 11) is 0. The molecule has 0 bridgehead atoms. The number of hydrogen-bond acceptors (Lipinski definition) is 3. The summed E-state index contributed by atoms with van der Waals surface area (Å²) in [5.41, 5.74) is 3.01. The van der Waals surface area contributed by atoms with Crippen LogP contribution in [0, 0.1) is 0 Å². The minimum absolute atomic E-state index is 0.0670. The number of amides is 1. The summed E-state index contributed by atoms with van der Waals surface area (Å²) in [6.07, 6.45) is 1.03. The van der Waals surface area contributed by atoms with Gasteiger partial charge in [-0.25, -0.2) is 0 Å². The fourth-order valence-electron chi connectivity index (χ4n) is 2.66. The van der Waals surface area contributed by atoms with E-state index >= 15 is 0 Å². The summed E-state index contributed by atoms with van der Waals surface area (Å²) < 4.78 is 0. The lowest BCUT2D eigenvalue weighted by Crippen LogP contribution is -2.44. The van der Waals surface area contributed by atoms with Crippen LogP contribution in [0.15, 0.2) is 48.5 Å². The van der Waals surface area contributed by atoms with Crippen molar-refractivity contribution in [2.45, 2.75) is 18.9 Å². The van der Waals surface area contributed by atoms with Gasteiger partial charge in [0.25, 0.3) is 0 Å². The Hall–Kier alpha value is -2.49. The predicted octanol–water partition coefficient (Wildman–Crippen LogP) is 2.09. The maximum absolute atomic E-state index is 12.1. The zero-order chi connectivity index (χ0) is 14.7. The summed E-state index contributed by atoms with van der Waals surface area (Å²) >= 11 is 0. The van der Waals surface area contributed by atoms with Crippen molar-refractivity contribution in [3.05, 3.63) is 59.7 Å². The smallest absolute Gasteiger partial charge is 0.224 e. The molecule has 0 saturated heterocycles. The average molecular weight is 282 g/mol. The molecule has 0 aromatic heterocycles. The highest BCUT2D eigenvalue weighted by Crippen LogP contribution is 2.21. The standard InChI is InChI=1S/C17H18N2O2/c20-16-8-4-2-6-13(16)10-17(21)19-14-9-12-5-1-3-7-15(12)18-11-14/h1-8,14,18,20H,9-11H2,(H,19,21). The molecule has 0 saturated carbocycles. The number of benzene rings is 2. The Labute approximate surface area is 123 Å². The summed E-state index contributed by atoms with van der Waals surface area (Å²) in [6.45, 7) is 0.726. The molecule has 2 aromatic rings. The zero-order valence-electron chi connectivity index (χ0n) is 11.7. The van der Waals surface area contributed by atoms with Crippen molar-refractivity contribution in [1.29, 1.82) is 0 Å². The van der Waals surface area contributed by atoms with Crippen molar-refractivity contribution in [3.63, 3.8) is 0 Å². The number of carbonyl (C=O) groups excluding carboxylic acids is 1. The summed E-state index contributed by atoms with van der Waals surface area (Å²) in [4.78, 5) is 12.1. The minimum atomic E-state index is -0.0670. The number of aromatic hydroxyl groups is 1. The third-order valence-electron chi connectivity index (χ3n) is 3.73. The van der Waals surface area contributed by atoms with Crippen LogP contribution in [0.3, 0.4) is 0 Å². The molecule has 2 aromatic carbocycles. The van der Waals surface area contributed by atoms with Gasteiger partial charge in [0.1, 0.15) is 5.75 Å². The lowest BCUT2D eigenvalue weighted by molar-refractivity contribution is -0.121. The van der Waals surface area contributed by atoms with Crippen molar-refractivity contribution in [2.75, 3.05) is 11.9 Å². The maximum atomic E-state index is 12.1. The molecule has 0 aliphatic carbocycles. The first-order valence-electron chi connectivity index (χ1n) is 7.10. The Kier molecular flexibility index (Phi) is 3.77. The molecule has 0 radical (unpaired) electrons. The fourth-order valence-corrected chi connectivity index (χ4v) is 2.66. The van der Waals surface area contributed by atoms with E-state index in [9.17, 15) is 9.90 Å². The topological polar surface area (TPSA) is 61.4 Å². The normalized spacial score (nSPS) is 16.7. The van der Waals surface area contributed by atoms with Crippen molar-refractivity contribution in [3.8, 4) is 5.75 Å². The maximum Gasteiger partial charge on any atom is 0.224 e. The first-order valence-corrected chi connectivity index (χ1v) is 7.10. The molecule has 3 rings (SSSR count). The van der Waals surface area contributed by atoms with E-state index in [-0.39, 0.29) is 24.1 Å². The first-order chi connectivity index (χ1) is 10.2. The van der Waals surface area contributed by atoms with Crippen LogP contribution >= 0.6 is 0 Å². The Bertz CT molecular complexity index is 655. The van der Waals surface area contributed by atoms with E-state index in [1.807, 2.05) is 18.2 Å². The molecule has 4 heteroatoms. The lowest BCUT2D eigenvalue weighted by atomic mass is 9.99. The van der Waals surface area contributed by atoms with Gasteiger partial charge in [0.05, 0.1) is 12.5 Å². The monoisotopic (exact) mass is 282 g/mol. The number of hydrogen-bond donors (Lipinski definition) is 3. The fraction of sp³-hybridized carbons (Fsp3) is 0.235. The zero-order valence-corrected chi connectivity index (χ0v) is 11.7. The third kappa shape index (κ3) is 3.16. The highest BCUT2D eigenvalue weighted by molar-refractivity contribution is 5.79. The van der Waals surface area contributed by atoms with Crippen molar-refractivity contribution >= 4 is 11.6 Å². The van der Waals surface area contributed by atoms with Crippen molar-refractivity contribution < 1.29 is 9.90 Å². The van der Waals surface area contributed by atoms with Gasteiger partial charge in [0.15, 0.2) is 0 Å². The van der Waals surface area contributed by atoms with Crippen LogP contribution in [0.5, 0.6) is 5.75 Å². The molecule has 0 fully saturated rings. The van der Waals surface area contributed by atoms with E-state index in [1.54, 1.807) is 18.2 Å². The van der Waals surface area contributed by atoms with Gasteiger partial charge < -0.3 is 15.7 Å². The van der Waals surface area contributed by atoms with E-state index in [1.165, 1.54) is 5.56 Å². The van der Waals surface area contributed by atoms with Crippen LogP contribution in [0.25, 0.3) is 0 Å². The van der Waals surface area contributed by atoms with Crippen LogP contribution in [0.2, 0.25) is 0 Å². The Morgan fingerprint density at radius 1 is 1.19 bits per heavy atom. The summed E-state index contributed by atoms with van der Waals surface area (Å²) in [5.74, 6) is 0.0995. The average Bonchev–Trinajstić information content (AvgIpc) is 2.49. The molecule has 1 aliphatic rings.